The lowest BCUT2D eigenvalue weighted by Crippen LogP contribution is -2.45. The number of rotatable bonds is 4. The highest BCUT2D eigenvalue weighted by molar-refractivity contribution is 6.23. The zero-order valence-corrected chi connectivity index (χ0v) is 15.6. The van der Waals surface area contributed by atoms with Crippen molar-refractivity contribution in [1.82, 2.24) is 4.90 Å². The van der Waals surface area contributed by atoms with Crippen LogP contribution in [0.3, 0.4) is 0 Å². The van der Waals surface area contributed by atoms with Gasteiger partial charge in [0.15, 0.2) is 0 Å². The molecule has 4 unspecified atom stereocenters. The van der Waals surface area contributed by atoms with E-state index in [9.17, 15) is 24.5 Å². The van der Waals surface area contributed by atoms with Crippen molar-refractivity contribution < 1.29 is 19.3 Å². The molecule has 0 spiro atoms. The number of piperazine rings is 1. The first-order valence-electron chi connectivity index (χ1n) is 9.78. The molecule has 1 saturated carbocycles. The molecule has 2 heterocycles. The number of anilines is 2. The van der Waals surface area contributed by atoms with Gasteiger partial charge in [-0.25, -0.2) is 4.90 Å². The lowest BCUT2D eigenvalue weighted by Gasteiger charge is -2.34. The molecule has 5 rings (SSSR count). The smallest absolute Gasteiger partial charge is 0.294 e. The summed E-state index contributed by atoms with van der Waals surface area (Å²) in [6.45, 7) is 1.95. The van der Waals surface area contributed by atoms with Gasteiger partial charge in [-0.3, -0.25) is 24.5 Å². The van der Waals surface area contributed by atoms with Gasteiger partial charge in [-0.15, -0.1) is 0 Å². The number of imide groups is 1. The second kappa shape index (κ2) is 6.40. The number of carbonyl (C=O) groups is 3. The van der Waals surface area contributed by atoms with Crippen LogP contribution in [0.5, 0.6) is 0 Å². The minimum absolute atomic E-state index is 0.0924. The highest BCUT2D eigenvalue weighted by atomic mass is 16.6. The fourth-order valence-electron chi connectivity index (χ4n) is 5.29. The molecular formula is C20H20N4O5. The Morgan fingerprint density at radius 3 is 2.17 bits per heavy atom. The number of amides is 3. The summed E-state index contributed by atoms with van der Waals surface area (Å²) in [6, 6.07) is 4.54. The second-order valence-corrected chi connectivity index (χ2v) is 8.07. The van der Waals surface area contributed by atoms with Gasteiger partial charge >= 0.3 is 0 Å². The maximum atomic E-state index is 13.0. The fourth-order valence-corrected chi connectivity index (χ4v) is 5.29. The van der Waals surface area contributed by atoms with E-state index in [1.54, 1.807) is 17.0 Å². The van der Waals surface area contributed by atoms with Gasteiger partial charge in [0.05, 0.1) is 22.4 Å². The number of carbonyl (C=O) groups excluding carboxylic acids is 3. The molecule has 0 N–H and O–H groups in total. The summed E-state index contributed by atoms with van der Waals surface area (Å²) >= 11 is 0. The summed E-state index contributed by atoms with van der Waals surface area (Å²) in [4.78, 5) is 52.7. The predicted molar refractivity (Wildman–Crippen MR) is 103 cm³/mol. The van der Waals surface area contributed by atoms with E-state index in [1.165, 1.54) is 6.07 Å². The largest absolute Gasteiger partial charge is 0.362 e. The molecule has 29 heavy (non-hydrogen) atoms. The molecule has 2 bridgehead atoms. The molecule has 0 radical (unpaired) electrons. The van der Waals surface area contributed by atoms with Gasteiger partial charge in [-0.1, -0.05) is 12.2 Å². The minimum Gasteiger partial charge on any atom is -0.362 e. The standard InChI is InChI=1S/C20H20N4O5/c25-11-21-5-7-22(8-6-21)15-4-3-14(10-16(15)24(28)29)23-19(26)17-12-1-2-13(9-12)18(17)20(23)27/h1-4,10-13,17-18H,5-9H2. The number of benzene rings is 1. The van der Waals surface area contributed by atoms with Crippen LogP contribution in [-0.4, -0.2) is 54.2 Å². The Kier molecular flexibility index (Phi) is 3.94. The van der Waals surface area contributed by atoms with Crippen LogP contribution in [-0.2, 0) is 14.4 Å². The Morgan fingerprint density at radius 1 is 1.00 bits per heavy atom. The minimum atomic E-state index is -0.484. The van der Waals surface area contributed by atoms with Gasteiger partial charge < -0.3 is 9.80 Å². The van der Waals surface area contributed by atoms with E-state index in [0.717, 1.165) is 17.7 Å². The summed E-state index contributed by atoms with van der Waals surface area (Å²) in [7, 11) is 0. The van der Waals surface area contributed by atoms with Gasteiger partial charge in [0.2, 0.25) is 18.2 Å². The average Bonchev–Trinajstić information content (AvgIpc) is 3.41. The van der Waals surface area contributed by atoms with Crippen molar-refractivity contribution in [2.75, 3.05) is 36.0 Å². The molecule has 1 aromatic carbocycles. The third kappa shape index (κ3) is 2.56. The Balaban J connectivity index is 1.46. The molecule has 1 aromatic rings. The summed E-state index contributed by atoms with van der Waals surface area (Å²) in [5, 5.41) is 11.7. The van der Waals surface area contributed by atoms with Crippen molar-refractivity contribution in [1.29, 1.82) is 0 Å². The topological polar surface area (TPSA) is 104 Å². The zero-order chi connectivity index (χ0) is 20.3. The molecule has 3 fully saturated rings. The highest BCUT2D eigenvalue weighted by Crippen LogP contribution is 2.53. The molecule has 0 aromatic heterocycles. The van der Waals surface area contributed by atoms with Crippen LogP contribution in [0.4, 0.5) is 17.1 Å². The van der Waals surface area contributed by atoms with E-state index in [0.29, 0.717) is 31.9 Å². The molecule has 3 amide bonds. The quantitative estimate of drug-likeness (QED) is 0.249. The van der Waals surface area contributed by atoms with Gasteiger partial charge in [0.1, 0.15) is 5.69 Å². The van der Waals surface area contributed by atoms with Crippen LogP contribution >= 0.6 is 0 Å². The Bertz CT molecular complexity index is 922. The molecule has 2 aliphatic heterocycles. The summed E-state index contributed by atoms with van der Waals surface area (Å²) in [6.07, 6.45) is 5.65. The number of hydrogen-bond donors (Lipinski definition) is 0. The van der Waals surface area contributed by atoms with Crippen LogP contribution < -0.4 is 9.80 Å². The Labute approximate surface area is 166 Å². The Morgan fingerprint density at radius 2 is 1.62 bits per heavy atom. The number of nitrogens with zero attached hydrogens (tertiary/aromatic N) is 4. The lowest BCUT2D eigenvalue weighted by atomic mass is 9.85. The number of fused-ring (bicyclic) bond motifs is 5. The predicted octanol–water partition coefficient (Wildman–Crippen LogP) is 1.18. The number of nitro groups is 1. The molecule has 4 atom stereocenters. The lowest BCUT2D eigenvalue weighted by molar-refractivity contribution is -0.384. The maximum Gasteiger partial charge on any atom is 0.294 e. The monoisotopic (exact) mass is 396 g/mol. The molecule has 2 saturated heterocycles. The summed E-state index contributed by atoms with van der Waals surface area (Å²) < 4.78 is 0. The fraction of sp³-hybridized carbons (Fsp3) is 0.450. The van der Waals surface area contributed by atoms with E-state index in [1.807, 2.05) is 17.1 Å². The van der Waals surface area contributed by atoms with Gasteiger partial charge in [-0.05, 0) is 30.4 Å². The molecule has 4 aliphatic rings. The van der Waals surface area contributed by atoms with E-state index in [2.05, 4.69) is 0 Å². The van der Waals surface area contributed by atoms with Crippen LogP contribution in [0, 0.1) is 33.8 Å². The van der Waals surface area contributed by atoms with Crippen molar-refractivity contribution in [2.24, 2.45) is 23.7 Å². The molecular weight excluding hydrogens is 376 g/mol. The van der Waals surface area contributed by atoms with Gasteiger partial charge in [0, 0.05) is 32.2 Å². The summed E-state index contributed by atoms with van der Waals surface area (Å²) in [5.74, 6) is -0.998. The van der Waals surface area contributed by atoms with Crippen molar-refractivity contribution >= 4 is 35.3 Å². The molecule has 150 valence electrons. The molecule has 2 aliphatic carbocycles. The van der Waals surface area contributed by atoms with Crippen LogP contribution in [0.2, 0.25) is 0 Å². The van der Waals surface area contributed by atoms with Crippen LogP contribution in [0.15, 0.2) is 30.4 Å². The molecule has 9 heteroatoms. The van der Waals surface area contributed by atoms with E-state index < -0.39 is 4.92 Å². The zero-order valence-electron chi connectivity index (χ0n) is 15.6. The number of nitro benzene ring substituents is 1. The maximum absolute atomic E-state index is 13.0. The van der Waals surface area contributed by atoms with E-state index >= 15 is 0 Å². The van der Waals surface area contributed by atoms with Crippen molar-refractivity contribution in [3.05, 3.63) is 40.5 Å². The van der Waals surface area contributed by atoms with E-state index in [4.69, 9.17) is 0 Å². The first-order chi connectivity index (χ1) is 14.0. The normalized spacial score (nSPS) is 30.3. The van der Waals surface area contributed by atoms with Crippen molar-refractivity contribution in [3.8, 4) is 0 Å². The third-order valence-corrected chi connectivity index (χ3v) is 6.69. The first kappa shape index (κ1) is 17.8. The van der Waals surface area contributed by atoms with Crippen molar-refractivity contribution in [3.63, 3.8) is 0 Å². The van der Waals surface area contributed by atoms with Crippen LogP contribution in [0.1, 0.15) is 6.42 Å². The van der Waals surface area contributed by atoms with Gasteiger partial charge in [-0.2, -0.15) is 0 Å². The number of allylic oxidation sites excluding steroid dienone is 2. The highest BCUT2D eigenvalue weighted by Gasteiger charge is 2.59. The third-order valence-electron chi connectivity index (χ3n) is 6.69. The Hall–Kier alpha value is -3.23. The SMILES string of the molecule is O=CN1CCN(c2ccc(N3C(=O)C4C5C=CC(C5)C4C3=O)cc2[N+](=O)[O-])CC1. The average molecular weight is 396 g/mol. The van der Waals surface area contributed by atoms with E-state index in [-0.39, 0.29) is 46.9 Å². The molecule has 9 nitrogen and oxygen atoms in total. The second-order valence-electron chi connectivity index (χ2n) is 8.07. The van der Waals surface area contributed by atoms with Crippen LogP contribution in [0.25, 0.3) is 0 Å². The van der Waals surface area contributed by atoms with Gasteiger partial charge in [0.25, 0.3) is 5.69 Å². The first-order valence-corrected chi connectivity index (χ1v) is 9.78. The summed E-state index contributed by atoms with van der Waals surface area (Å²) in [5.41, 5.74) is 0.557. The number of hydrogen-bond acceptors (Lipinski definition) is 6. The van der Waals surface area contributed by atoms with Crippen molar-refractivity contribution in [2.45, 2.75) is 6.42 Å².